The smallest absolute Gasteiger partial charge is 0.335 e. The van der Waals surface area contributed by atoms with Crippen molar-refractivity contribution < 1.29 is 24.2 Å². The lowest BCUT2D eigenvalue weighted by molar-refractivity contribution is -0.393. The molecule has 0 aliphatic carbocycles. The van der Waals surface area contributed by atoms with Crippen LogP contribution < -0.4 is 5.43 Å². The Hall–Kier alpha value is -4.25. The topological polar surface area (TPSA) is 161 Å². The molecule has 1 aromatic heterocycles. The first-order valence-electron chi connectivity index (χ1n) is 8.11. The zero-order chi connectivity index (χ0) is 21.8. The molecule has 2 N–H and O–H groups in total. The Morgan fingerprint density at radius 1 is 1.10 bits per heavy atom. The number of hydrogen-bond donors (Lipinski definition) is 2. The molecule has 152 valence electrons. The summed E-state index contributed by atoms with van der Waals surface area (Å²) in [5, 5.41) is 35.1. The number of nitrogens with one attached hydrogen (secondary N) is 1. The summed E-state index contributed by atoms with van der Waals surface area (Å²) in [7, 11) is 0. The van der Waals surface area contributed by atoms with Crippen molar-refractivity contribution in [3.05, 3.63) is 85.1 Å². The van der Waals surface area contributed by atoms with E-state index < -0.39 is 27.2 Å². The van der Waals surface area contributed by atoms with Gasteiger partial charge in [-0.25, -0.2) is 4.79 Å². The first kappa shape index (κ1) is 20.5. The number of rotatable bonds is 7. The molecule has 30 heavy (non-hydrogen) atoms. The quantitative estimate of drug-likeness (QED) is 0.313. The summed E-state index contributed by atoms with van der Waals surface area (Å²) in [6.45, 7) is 0. The predicted molar refractivity (Wildman–Crippen MR) is 107 cm³/mol. The van der Waals surface area contributed by atoms with E-state index in [9.17, 15) is 25.0 Å². The van der Waals surface area contributed by atoms with Crippen LogP contribution in [0.4, 0.5) is 17.1 Å². The normalized spacial score (nSPS) is 10.8. The zero-order valence-corrected chi connectivity index (χ0v) is 15.6. The van der Waals surface area contributed by atoms with Gasteiger partial charge >= 0.3 is 11.7 Å². The minimum atomic E-state index is -1.12. The van der Waals surface area contributed by atoms with Crippen molar-refractivity contribution in [3.63, 3.8) is 0 Å². The molecule has 0 atom stereocenters. The fraction of sp³-hybridized carbons (Fsp3) is 0. The minimum Gasteiger partial charge on any atom is -0.478 e. The number of nitrogens with zero attached hydrogens (tertiary/aromatic N) is 3. The Labute approximate surface area is 172 Å². The minimum absolute atomic E-state index is 0.0353. The number of furan rings is 1. The summed E-state index contributed by atoms with van der Waals surface area (Å²) in [5.41, 5.74) is 1.85. The van der Waals surface area contributed by atoms with Crippen molar-refractivity contribution in [3.8, 4) is 11.3 Å². The lowest BCUT2D eigenvalue weighted by Gasteiger charge is -2.03. The van der Waals surface area contributed by atoms with Gasteiger partial charge in [0.05, 0.1) is 32.7 Å². The molecule has 0 saturated carbocycles. The highest BCUT2D eigenvalue weighted by Crippen LogP contribution is 2.31. The summed E-state index contributed by atoms with van der Waals surface area (Å²) in [6, 6.07) is 10.3. The highest BCUT2D eigenvalue weighted by molar-refractivity contribution is 6.33. The van der Waals surface area contributed by atoms with Crippen molar-refractivity contribution in [2.45, 2.75) is 0 Å². The van der Waals surface area contributed by atoms with Gasteiger partial charge in [-0.15, -0.1) is 0 Å². The van der Waals surface area contributed by atoms with E-state index in [4.69, 9.17) is 21.1 Å². The van der Waals surface area contributed by atoms with Gasteiger partial charge in [0.1, 0.15) is 17.2 Å². The number of carboxylic acids is 1. The molecule has 0 fully saturated rings. The Kier molecular flexibility index (Phi) is 5.74. The lowest BCUT2D eigenvalue weighted by atomic mass is 10.1. The van der Waals surface area contributed by atoms with Crippen molar-refractivity contribution >= 4 is 40.8 Å². The van der Waals surface area contributed by atoms with E-state index in [0.717, 1.165) is 12.1 Å². The van der Waals surface area contributed by atoms with Gasteiger partial charge in [-0.3, -0.25) is 25.7 Å². The third-order valence-electron chi connectivity index (χ3n) is 3.87. The molecule has 0 amide bonds. The molecule has 0 radical (unpaired) electrons. The molecule has 0 spiro atoms. The van der Waals surface area contributed by atoms with E-state index in [2.05, 4.69) is 10.5 Å². The summed E-state index contributed by atoms with van der Waals surface area (Å²) >= 11 is 6.10. The van der Waals surface area contributed by atoms with Crippen molar-refractivity contribution in [2.75, 3.05) is 5.43 Å². The summed E-state index contributed by atoms with van der Waals surface area (Å²) in [6.07, 6.45) is 1.23. The molecular formula is C18H11ClN4O7. The average molecular weight is 431 g/mol. The summed E-state index contributed by atoms with van der Waals surface area (Å²) in [5.74, 6) is -0.570. The fourth-order valence-electron chi connectivity index (χ4n) is 2.46. The number of aromatic carboxylic acids is 1. The first-order chi connectivity index (χ1) is 14.3. The number of non-ortho nitro benzene ring substituents is 1. The number of carboxylic acid groups (broad SMARTS) is 1. The monoisotopic (exact) mass is 430 g/mol. The molecule has 0 bridgehead atoms. The van der Waals surface area contributed by atoms with Crippen molar-refractivity contribution in [2.24, 2.45) is 5.10 Å². The molecular weight excluding hydrogens is 420 g/mol. The van der Waals surface area contributed by atoms with E-state index in [1.54, 1.807) is 6.07 Å². The van der Waals surface area contributed by atoms with E-state index in [1.165, 1.54) is 36.5 Å². The van der Waals surface area contributed by atoms with Crippen LogP contribution in [0.15, 0.2) is 58.0 Å². The zero-order valence-electron chi connectivity index (χ0n) is 14.8. The van der Waals surface area contributed by atoms with Gasteiger partial charge in [0.25, 0.3) is 5.69 Å². The number of anilines is 1. The number of hydrogen-bond acceptors (Lipinski definition) is 8. The average Bonchev–Trinajstić information content (AvgIpc) is 3.16. The molecule has 3 aromatic rings. The maximum Gasteiger partial charge on any atom is 0.335 e. The molecule has 2 aromatic carbocycles. The molecule has 0 aliphatic heterocycles. The summed E-state index contributed by atoms with van der Waals surface area (Å²) < 4.78 is 5.56. The van der Waals surface area contributed by atoms with Gasteiger partial charge in [-0.1, -0.05) is 11.6 Å². The van der Waals surface area contributed by atoms with Gasteiger partial charge in [0, 0.05) is 11.6 Å². The Morgan fingerprint density at radius 2 is 1.87 bits per heavy atom. The summed E-state index contributed by atoms with van der Waals surface area (Å²) in [4.78, 5) is 31.5. The van der Waals surface area contributed by atoms with E-state index in [0.29, 0.717) is 11.3 Å². The second kappa shape index (κ2) is 8.41. The van der Waals surface area contributed by atoms with E-state index >= 15 is 0 Å². The molecule has 11 nitrogen and oxygen atoms in total. The maximum absolute atomic E-state index is 11.1. The maximum atomic E-state index is 11.1. The number of nitro groups is 2. The predicted octanol–water partition coefficient (Wildman–Crippen LogP) is 4.56. The number of nitro benzene ring substituents is 2. The number of hydrazone groups is 1. The van der Waals surface area contributed by atoms with Crippen LogP contribution in [-0.4, -0.2) is 27.1 Å². The SMILES string of the molecule is O=C(O)c1ccc(Cl)c(-c2ccc(/C=N\Nc3ccc([N+](=O)[O-])cc3[N+](=O)[O-])o2)c1. The van der Waals surface area contributed by atoms with Crippen LogP contribution in [0.2, 0.25) is 5.02 Å². The first-order valence-corrected chi connectivity index (χ1v) is 8.49. The third kappa shape index (κ3) is 4.42. The van der Waals surface area contributed by atoms with Crippen LogP contribution in [0.5, 0.6) is 0 Å². The van der Waals surface area contributed by atoms with Crippen molar-refractivity contribution in [1.29, 1.82) is 0 Å². The van der Waals surface area contributed by atoms with Gasteiger partial charge in [0.15, 0.2) is 0 Å². The number of benzene rings is 2. The van der Waals surface area contributed by atoms with E-state index in [-0.39, 0.29) is 22.0 Å². The lowest BCUT2D eigenvalue weighted by Crippen LogP contribution is -1.98. The van der Waals surface area contributed by atoms with Crippen LogP contribution in [-0.2, 0) is 0 Å². The molecule has 12 heteroatoms. The van der Waals surface area contributed by atoms with Gasteiger partial charge in [-0.05, 0) is 36.4 Å². The van der Waals surface area contributed by atoms with Gasteiger partial charge in [-0.2, -0.15) is 5.10 Å². The second-order valence-electron chi connectivity index (χ2n) is 5.79. The second-order valence-corrected chi connectivity index (χ2v) is 6.19. The standard InChI is InChI=1S/C18H11ClN4O7/c19-14-4-1-10(18(24)25)7-13(14)17-6-3-12(30-17)9-20-21-15-5-2-11(22(26)27)8-16(15)23(28)29/h1-9,21H,(H,24,25)/b20-9-. The van der Waals surface area contributed by atoms with Crippen LogP contribution in [0.1, 0.15) is 16.1 Å². The highest BCUT2D eigenvalue weighted by atomic mass is 35.5. The third-order valence-corrected chi connectivity index (χ3v) is 4.20. The molecule has 1 heterocycles. The van der Waals surface area contributed by atoms with Crippen LogP contribution in [0.25, 0.3) is 11.3 Å². The van der Waals surface area contributed by atoms with Gasteiger partial charge in [0.2, 0.25) is 0 Å². The van der Waals surface area contributed by atoms with Crippen molar-refractivity contribution in [1.82, 2.24) is 0 Å². The van der Waals surface area contributed by atoms with E-state index in [1.807, 2.05) is 0 Å². The number of carbonyl (C=O) groups is 1. The Morgan fingerprint density at radius 3 is 2.53 bits per heavy atom. The molecule has 0 saturated heterocycles. The number of halogens is 1. The molecule has 3 rings (SSSR count). The van der Waals surface area contributed by atoms with Crippen LogP contribution >= 0.6 is 11.6 Å². The molecule has 0 unspecified atom stereocenters. The Balaban J connectivity index is 1.81. The highest BCUT2D eigenvalue weighted by Gasteiger charge is 2.19. The van der Waals surface area contributed by atoms with Gasteiger partial charge < -0.3 is 9.52 Å². The largest absolute Gasteiger partial charge is 0.478 e. The van der Waals surface area contributed by atoms with Crippen LogP contribution in [0.3, 0.4) is 0 Å². The Bertz CT molecular complexity index is 1190. The molecule has 0 aliphatic rings. The van der Waals surface area contributed by atoms with Crippen LogP contribution in [0, 0.1) is 20.2 Å². The fourth-order valence-corrected chi connectivity index (χ4v) is 2.67.